The molecule has 1 saturated carbocycles. The van der Waals surface area contributed by atoms with E-state index in [0.29, 0.717) is 25.2 Å². The minimum atomic E-state index is -1.13. The fraction of sp³-hybridized carbons (Fsp3) is 0.538. The van der Waals surface area contributed by atoms with Crippen LogP contribution in [0.5, 0.6) is 5.75 Å². The van der Waals surface area contributed by atoms with Crippen molar-refractivity contribution in [3.8, 4) is 5.75 Å². The van der Waals surface area contributed by atoms with E-state index in [9.17, 15) is 18.9 Å². The van der Waals surface area contributed by atoms with Gasteiger partial charge in [0.25, 0.3) is 0 Å². The van der Waals surface area contributed by atoms with Gasteiger partial charge < -0.3 is 9.47 Å². The highest BCUT2D eigenvalue weighted by Gasteiger charge is 2.42. The van der Waals surface area contributed by atoms with Crippen molar-refractivity contribution in [2.45, 2.75) is 36.8 Å². The van der Waals surface area contributed by atoms with Crippen LogP contribution in [-0.2, 0) is 4.74 Å². The Bertz CT molecular complexity index is 543. The highest BCUT2D eigenvalue weighted by atomic mass is 79.9. The fourth-order valence-electron chi connectivity index (χ4n) is 2.02. The van der Waals surface area contributed by atoms with Gasteiger partial charge in [-0.1, -0.05) is 22.9 Å². The highest BCUT2D eigenvalue weighted by Crippen LogP contribution is 2.36. The Morgan fingerprint density at radius 2 is 2.14 bits per heavy atom. The van der Waals surface area contributed by atoms with Gasteiger partial charge in [0.05, 0.1) is 11.0 Å². The van der Waals surface area contributed by atoms with Gasteiger partial charge in [-0.2, -0.15) is 4.39 Å². The SMILES string of the molecule is CCCOC1C(Br)CC1Oc1cc(F)c([N+](=O)[O-])cc1F. The van der Waals surface area contributed by atoms with E-state index >= 15 is 0 Å². The monoisotopic (exact) mass is 365 g/mol. The second-order valence-electron chi connectivity index (χ2n) is 4.73. The third-order valence-corrected chi connectivity index (χ3v) is 4.07. The summed E-state index contributed by atoms with van der Waals surface area (Å²) in [6, 6.07) is 1.22. The molecule has 116 valence electrons. The molecule has 1 aliphatic carbocycles. The molecule has 21 heavy (non-hydrogen) atoms. The lowest BCUT2D eigenvalue weighted by Crippen LogP contribution is -2.52. The predicted octanol–water partition coefficient (Wildman–Crippen LogP) is 3.58. The summed E-state index contributed by atoms with van der Waals surface area (Å²) in [4.78, 5) is 9.64. The average molecular weight is 366 g/mol. The zero-order valence-electron chi connectivity index (χ0n) is 11.2. The van der Waals surface area contributed by atoms with Crippen LogP contribution in [0.3, 0.4) is 0 Å². The summed E-state index contributed by atoms with van der Waals surface area (Å²) in [5, 5.41) is 10.5. The third-order valence-electron chi connectivity index (χ3n) is 3.17. The Kier molecular flexibility index (Phi) is 5.10. The standard InChI is InChI=1S/C13H14BrF2NO4/c1-2-3-20-13-7(14)4-12(13)21-11-6-8(15)10(17(18)19)5-9(11)16/h5-7,12-13H,2-4H2,1H3. The maximum absolute atomic E-state index is 13.7. The first-order valence-corrected chi connectivity index (χ1v) is 7.41. The van der Waals surface area contributed by atoms with Crippen molar-refractivity contribution >= 4 is 21.6 Å². The highest BCUT2D eigenvalue weighted by molar-refractivity contribution is 9.09. The molecular formula is C13H14BrF2NO4. The molecule has 3 unspecified atom stereocenters. The van der Waals surface area contributed by atoms with E-state index in [1.165, 1.54) is 0 Å². The zero-order valence-corrected chi connectivity index (χ0v) is 12.8. The third kappa shape index (κ3) is 3.49. The van der Waals surface area contributed by atoms with Gasteiger partial charge in [0, 0.05) is 23.9 Å². The predicted molar refractivity (Wildman–Crippen MR) is 74.8 cm³/mol. The summed E-state index contributed by atoms with van der Waals surface area (Å²) in [5.41, 5.74) is -0.911. The van der Waals surface area contributed by atoms with E-state index < -0.39 is 28.3 Å². The van der Waals surface area contributed by atoms with E-state index in [4.69, 9.17) is 9.47 Å². The van der Waals surface area contributed by atoms with Crippen molar-refractivity contribution in [1.82, 2.24) is 0 Å². The van der Waals surface area contributed by atoms with Gasteiger partial charge in [0.1, 0.15) is 12.2 Å². The molecule has 5 nitrogen and oxygen atoms in total. The van der Waals surface area contributed by atoms with Gasteiger partial charge in [-0.25, -0.2) is 4.39 Å². The summed E-state index contributed by atoms with van der Waals surface area (Å²) < 4.78 is 38.2. The Balaban J connectivity index is 2.09. The van der Waals surface area contributed by atoms with E-state index in [1.807, 2.05) is 6.92 Å². The first-order chi connectivity index (χ1) is 9.93. The lowest BCUT2D eigenvalue weighted by molar-refractivity contribution is -0.387. The maximum Gasteiger partial charge on any atom is 0.307 e. The number of ether oxygens (including phenoxy) is 2. The number of nitro groups is 1. The molecule has 1 aromatic carbocycles. The van der Waals surface area contributed by atoms with Gasteiger partial charge in [-0.05, 0) is 6.42 Å². The van der Waals surface area contributed by atoms with Gasteiger partial charge in [-0.3, -0.25) is 10.1 Å². The van der Waals surface area contributed by atoms with Crippen molar-refractivity contribution in [2.75, 3.05) is 6.61 Å². The van der Waals surface area contributed by atoms with Crippen LogP contribution in [0.1, 0.15) is 19.8 Å². The molecule has 1 fully saturated rings. The number of hydrogen-bond acceptors (Lipinski definition) is 4. The first kappa shape index (κ1) is 16.1. The number of halogens is 3. The van der Waals surface area contributed by atoms with Crippen LogP contribution >= 0.6 is 15.9 Å². The quantitative estimate of drug-likeness (QED) is 0.439. The number of rotatable bonds is 6. The average Bonchev–Trinajstić information content (AvgIpc) is 2.41. The molecule has 0 heterocycles. The second kappa shape index (κ2) is 6.65. The van der Waals surface area contributed by atoms with E-state index in [2.05, 4.69) is 15.9 Å². The topological polar surface area (TPSA) is 61.6 Å². The molecule has 0 aromatic heterocycles. The number of benzene rings is 1. The van der Waals surface area contributed by atoms with Gasteiger partial charge in [0.2, 0.25) is 5.82 Å². The molecule has 2 rings (SSSR count). The number of nitro benzene ring substituents is 1. The maximum atomic E-state index is 13.7. The van der Waals surface area contributed by atoms with Gasteiger partial charge >= 0.3 is 5.69 Å². The molecule has 3 atom stereocenters. The van der Waals surface area contributed by atoms with Crippen LogP contribution in [0, 0.1) is 21.7 Å². The minimum absolute atomic E-state index is 0.0972. The fourth-order valence-corrected chi connectivity index (χ4v) is 2.88. The molecule has 0 radical (unpaired) electrons. The summed E-state index contributed by atoms with van der Waals surface area (Å²) >= 11 is 3.41. The van der Waals surface area contributed by atoms with E-state index in [1.54, 1.807) is 0 Å². The molecule has 0 aliphatic heterocycles. The van der Waals surface area contributed by atoms with Crippen LogP contribution in [0.2, 0.25) is 0 Å². The second-order valence-corrected chi connectivity index (χ2v) is 5.91. The smallest absolute Gasteiger partial charge is 0.307 e. The number of nitrogens with zero attached hydrogens (tertiary/aromatic N) is 1. The van der Waals surface area contributed by atoms with Crippen molar-refractivity contribution in [2.24, 2.45) is 0 Å². The van der Waals surface area contributed by atoms with Crippen molar-refractivity contribution in [3.05, 3.63) is 33.9 Å². The Morgan fingerprint density at radius 1 is 1.43 bits per heavy atom. The number of hydrogen-bond donors (Lipinski definition) is 0. The molecule has 0 N–H and O–H groups in total. The largest absolute Gasteiger partial charge is 0.484 e. The van der Waals surface area contributed by atoms with Crippen molar-refractivity contribution < 1.29 is 23.2 Å². The zero-order chi connectivity index (χ0) is 15.6. The molecule has 0 spiro atoms. The normalized spacial score (nSPS) is 24.5. The van der Waals surface area contributed by atoms with Crippen LogP contribution in [0.25, 0.3) is 0 Å². The Hall–Kier alpha value is -1.28. The minimum Gasteiger partial charge on any atom is -0.484 e. The van der Waals surface area contributed by atoms with Crippen LogP contribution in [0.15, 0.2) is 12.1 Å². The van der Waals surface area contributed by atoms with Crippen molar-refractivity contribution in [1.29, 1.82) is 0 Å². The van der Waals surface area contributed by atoms with Crippen LogP contribution < -0.4 is 4.74 Å². The molecule has 1 aromatic rings. The van der Waals surface area contributed by atoms with Gasteiger partial charge in [0.15, 0.2) is 11.6 Å². The summed E-state index contributed by atoms with van der Waals surface area (Å²) in [7, 11) is 0. The van der Waals surface area contributed by atoms with E-state index in [0.717, 1.165) is 6.42 Å². The Labute approximate surface area is 128 Å². The molecular weight excluding hydrogens is 352 g/mol. The van der Waals surface area contributed by atoms with E-state index in [-0.39, 0.29) is 16.7 Å². The summed E-state index contributed by atoms with van der Waals surface area (Å²) in [5.74, 6) is -2.43. The van der Waals surface area contributed by atoms with Crippen molar-refractivity contribution in [3.63, 3.8) is 0 Å². The lowest BCUT2D eigenvalue weighted by Gasteiger charge is -2.40. The summed E-state index contributed by atoms with van der Waals surface area (Å²) in [6.07, 6.45) is 0.773. The number of alkyl halides is 1. The first-order valence-electron chi connectivity index (χ1n) is 6.49. The molecule has 0 amide bonds. The molecule has 0 saturated heterocycles. The van der Waals surface area contributed by atoms with Gasteiger partial charge in [-0.15, -0.1) is 0 Å². The molecule has 0 bridgehead atoms. The van der Waals surface area contributed by atoms with Crippen LogP contribution in [0.4, 0.5) is 14.5 Å². The summed E-state index contributed by atoms with van der Waals surface area (Å²) in [6.45, 7) is 2.51. The Morgan fingerprint density at radius 3 is 2.71 bits per heavy atom. The molecule has 8 heteroatoms. The lowest BCUT2D eigenvalue weighted by atomic mass is 9.91. The molecule has 1 aliphatic rings. The van der Waals surface area contributed by atoms with Crippen LogP contribution in [-0.4, -0.2) is 28.6 Å².